The lowest BCUT2D eigenvalue weighted by molar-refractivity contribution is -0.150. The van der Waals surface area contributed by atoms with Crippen molar-refractivity contribution in [3.8, 4) is 5.75 Å². The molecule has 0 spiro atoms. The molecule has 3 N–H and O–H groups in total. The first-order valence-electron chi connectivity index (χ1n) is 6.57. The second kappa shape index (κ2) is 6.36. The lowest BCUT2D eigenvalue weighted by Gasteiger charge is -2.31. The first-order chi connectivity index (χ1) is 10.0. The van der Waals surface area contributed by atoms with Gasteiger partial charge < -0.3 is 15.4 Å². The molecule has 112 valence electrons. The predicted molar refractivity (Wildman–Crippen MR) is 74.2 cm³/mol. The van der Waals surface area contributed by atoms with Gasteiger partial charge in [0.15, 0.2) is 6.61 Å². The highest BCUT2D eigenvalue weighted by Gasteiger charge is 2.33. The molecule has 1 saturated heterocycles. The van der Waals surface area contributed by atoms with E-state index in [1.54, 1.807) is 25.1 Å². The van der Waals surface area contributed by atoms with Crippen molar-refractivity contribution in [3.05, 3.63) is 29.8 Å². The molecule has 1 fully saturated rings. The predicted octanol–water partition coefficient (Wildman–Crippen LogP) is -0.602. The zero-order valence-electron chi connectivity index (χ0n) is 11.7. The molecule has 1 unspecified atom stereocenters. The number of piperazine rings is 1. The third-order valence-electron chi connectivity index (χ3n) is 3.29. The van der Waals surface area contributed by atoms with E-state index in [0.29, 0.717) is 12.3 Å². The Morgan fingerprint density at radius 3 is 2.86 bits per heavy atom. The highest BCUT2D eigenvalue weighted by atomic mass is 16.5. The molecular formula is C14H17N3O4. The molecule has 0 saturated carbocycles. The van der Waals surface area contributed by atoms with Gasteiger partial charge in [-0.25, -0.2) is 0 Å². The molecule has 1 heterocycles. The molecule has 1 aromatic rings. The largest absolute Gasteiger partial charge is 0.483 e. The second-order valence-electron chi connectivity index (χ2n) is 4.71. The van der Waals surface area contributed by atoms with Crippen LogP contribution in [0.4, 0.5) is 0 Å². The first-order valence-corrected chi connectivity index (χ1v) is 6.57. The molecule has 1 aliphatic heterocycles. The van der Waals surface area contributed by atoms with Crippen LogP contribution < -0.4 is 15.8 Å². The number of rotatable bonds is 4. The van der Waals surface area contributed by atoms with E-state index in [9.17, 15) is 14.4 Å². The monoisotopic (exact) mass is 291 g/mol. The van der Waals surface area contributed by atoms with Crippen LogP contribution >= 0.6 is 0 Å². The first kappa shape index (κ1) is 15.0. The van der Waals surface area contributed by atoms with Crippen molar-refractivity contribution < 1.29 is 19.1 Å². The quantitative estimate of drug-likeness (QED) is 0.721. The number of imide groups is 1. The smallest absolute Gasteiger partial charge is 0.261 e. The SMILES string of the molecule is CC1C(=O)NC(=O)CN1C(=O)COc1ccccc1CN. The third kappa shape index (κ3) is 3.38. The molecule has 1 aromatic carbocycles. The summed E-state index contributed by atoms with van der Waals surface area (Å²) < 4.78 is 5.45. The Labute approximate surface area is 122 Å². The zero-order chi connectivity index (χ0) is 15.4. The van der Waals surface area contributed by atoms with Gasteiger partial charge in [-0.1, -0.05) is 18.2 Å². The van der Waals surface area contributed by atoms with Crippen molar-refractivity contribution in [1.82, 2.24) is 10.2 Å². The van der Waals surface area contributed by atoms with Gasteiger partial charge in [0.25, 0.3) is 5.91 Å². The van der Waals surface area contributed by atoms with Crippen molar-refractivity contribution in [1.29, 1.82) is 0 Å². The average Bonchev–Trinajstić information content (AvgIpc) is 2.48. The molecule has 21 heavy (non-hydrogen) atoms. The number of para-hydroxylation sites is 1. The molecule has 0 bridgehead atoms. The number of hydrogen-bond acceptors (Lipinski definition) is 5. The molecule has 7 heteroatoms. The van der Waals surface area contributed by atoms with E-state index in [1.165, 1.54) is 4.90 Å². The topological polar surface area (TPSA) is 102 Å². The summed E-state index contributed by atoms with van der Waals surface area (Å²) in [5, 5.41) is 2.18. The number of nitrogens with zero attached hydrogens (tertiary/aromatic N) is 1. The maximum Gasteiger partial charge on any atom is 0.261 e. The fourth-order valence-corrected chi connectivity index (χ4v) is 2.05. The Hall–Kier alpha value is -2.41. The highest BCUT2D eigenvalue weighted by Crippen LogP contribution is 2.17. The lowest BCUT2D eigenvalue weighted by Crippen LogP contribution is -2.59. The van der Waals surface area contributed by atoms with Crippen LogP contribution in [0.2, 0.25) is 0 Å². The molecule has 0 aliphatic carbocycles. The van der Waals surface area contributed by atoms with E-state index in [4.69, 9.17) is 10.5 Å². The van der Waals surface area contributed by atoms with Crippen molar-refractivity contribution in [2.75, 3.05) is 13.2 Å². The summed E-state index contributed by atoms with van der Waals surface area (Å²) in [5.41, 5.74) is 6.37. The second-order valence-corrected chi connectivity index (χ2v) is 4.71. The summed E-state index contributed by atoms with van der Waals surface area (Å²) in [6.45, 7) is 1.47. The minimum absolute atomic E-state index is 0.145. The van der Waals surface area contributed by atoms with Crippen molar-refractivity contribution in [2.45, 2.75) is 19.5 Å². The molecule has 7 nitrogen and oxygen atoms in total. The van der Waals surface area contributed by atoms with Crippen LogP contribution in [0, 0.1) is 0 Å². The number of nitrogens with one attached hydrogen (secondary N) is 1. The maximum absolute atomic E-state index is 12.1. The van der Waals surface area contributed by atoms with Gasteiger partial charge in [0.1, 0.15) is 18.3 Å². The fraction of sp³-hybridized carbons (Fsp3) is 0.357. The van der Waals surface area contributed by atoms with E-state index >= 15 is 0 Å². The summed E-state index contributed by atoms with van der Waals surface area (Å²) in [7, 11) is 0. The number of amides is 3. The van der Waals surface area contributed by atoms with Crippen molar-refractivity contribution in [3.63, 3.8) is 0 Å². The van der Waals surface area contributed by atoms with Gasteiger partial charge in [0.2, 0.25) is 11.8 Å². The lowest BCUT2D eigenvalue weighted by atomic mass is 10.2. The van der Waals surface area contributed by atoms with Gasteiger partial charge in [-0.3, -0.25) is 19.7 Å². The molecule has 0 radical (unpaired) electrons. The molecule has 3 amide bonds. The van der Waals surface area contributed by atoms with E-state index in [-0.39, 0.29) is 13.2 Å². The van der Waals surface area contributed by atoms with Crippen LogP contribution in [0.5, 0.6) is 5.75 Å². The van der Waals surface area contributed by atoms with Gasteiger partial charge in [-0.15, -0.1) is 0 Å². The van der Waals surface area contributed by atoms with Crippen LogP contribution in [-0.4, -0.2) is 41.8 Å². The van der Waals surface area contributed by atoms with Gasteiger partial charge in [-0.05, 0) is 13.0 Å². The van der Waals surface area contributed by atoms with Crippen LogP contribution in [0.1, 0.15) is 12.5 Å². The number of ether oxygens (including phenoxy) is 1. The summed E-state index contributed by atoms with van der Waals surface area (Å²) >= 11 is 0. The van der Waals surface area contributed by atoms with Crippen molar-refractivity contribution >= 4 is 17.7 Å². The van der Waals surface area contributed by atoms with Crippen LogP contribution in [0.25, 0.3) is 0 Å². The van der Waals surface area contributed by atoms with Crippen LogP contribution in [0.3, 0.4) is 0 Å². The Balaban J connectivity index is 2.01. The number of carbonyl (C=O) groups excluding carboxylic acids is 3. The number of nitrogens with two attached hydrogens (primary N) is 1. The van der Waals surface area contributed by atoms with E-state index < -0.39 is 23.8 Å². The number of carbonyl (C=O) groups is 3. The Bertz CT molecular complexity index is 573. The zero-order valence-corrected chi connectivity index (χ0v) is 11.7. The van der Waals surface area contributed by atoms with Gasteiger partial charge in [-0.2, -0.15) is 0 Å². The van der Waals surface area contributed by atoms with Gasteiger partial charge >= 0.3 is 0 Å². The van der Waals surface area contributed by atoms with E-state index in [0.717, 1.165) is 5.56 Å². The summed E-state index contributed by atoms with van der Waals surface area (Å²) in [6.07, 6.45) is 0. The highest BCUT2D eigenvalue weighted by molar-refractivity contribution is 6.04. The minimum atomic E-state index is -0.691. The van der Waals surface area contributed by atoms with Gasteiger partial charge in [0, 0.05) is 12.1 Å². The number of hydrogen-bond donors (Lipinski definition) is 2. The van der Waals surface area contributed by atoms with E-state index in [2.05, 4.69) is 5.32 Å². The summed E-state index contributed by atoms with van der Waals surface area (Å²) in [4.78, 5) is 36.1. The maximum atomic E-state index is 12.1. The van der Waals surface area contributed by atoms with Gasteiger partial charge in [0.05, 0.1) is 0 Å². The summed E-state index contributed by atoms with van der Waals surface area (Å²) in [6, 6.07) is 6.43. The fourth-order valence-electron chi connectivity index (χ4n) is 2.05. The van der Waals surface area contributed by atoms with Crippen LogP contribution in [-0.2, 0) is 20.9 Å². The molecule has 2 rings (SSSR count). The minimum Gasteiger partial charge on any atom is -0.483 e. The molecule has 1 aliphatic rings. The molecule has 1 atom stereocenters. The third-order valence-corrected chi connectivity index (χ3v) is 3.29. The Morgan fingerprint density at radius 2 is 2.14 bits per heavy atom. The number of benzene rings is 1. The van der Waals surface area contributed by atoms with E-state index in [1.807, 2.05) is 6.07 Å². The Morgan fingerprint density at radius 1 is 1.43 bits per heavy atom. The normalized spacial score (nSPS) is 18.4. The van der Waals surface area contributed by atoms with Crippen molar-refractivity contribution in [2.24, 2.45) is 5.73 Å². The van der Waals surface area contributed by atoms with Crippen LogP contribution in [0.15, 0.2) is 24.3 Å². The average molecular weight is 291 g/mol. The summed E-state index contributed by atoms with van der Waals surface area (Å²) in [5.74, 6) is -0.873. The molecule has 0 aromatic heterocycles. The molecular weight excluding hydrogens is 274 g/mol. The standard InChI is InChI=1S/C14H17N3O4/c1-9-14(20)16-12(18)7-17(9)13(19)8-21-11-5-3-2-4-10(11)6-15/h2-5,9H,6-8,15H2,1H3,(H,16,18,20). The Kier molecular flexibility index (Phi) is 4.54.